The SMILES string of the molecule is O=NNC(=O)N(CCF)C1CCCCC1. The van der Waals surface area contributed by atoms with E-state index in [-0.39, 0.29) is 12.6 Å². The first-order valence-corrected chi connectivity index (χ1v) is 5.24. The molecule has 1 N–H and O–H groups in total. The van der Waals surface area contributed by atoms with Gasteiger partial charge in [0, 0.05) is 6.04 Å². The molecule has 0 saturated heterocycles. The van der Waals surface area contributed by atoms with Crippen molar-refractivity contribution < 1.29 is 9.18 Å². The smallest absolute Gasteiger partial charge is 0.318 e. The minimum atomic E-state index is -0.594. The maximum Gasteiger partial charge on any atom is 0.340 e. The molecular formula is C9H16FN3O2. The number of alkyl halides is 1. The lowest BCUT2D eigenvalue weighted by Gasteiger charge is -2.32. The minimum absolute atomic E-state index is 0.0337. The van der Waals surface area contributed by atoms with Gasteiger partial charge in [0.1, 0.15) is 6.67 Å². The zero-order chi connectivity index (χ0) is 11.1. The van der Waals surface area contributed by atoms with E-state index >= 15 is 0 Å². The number of hydrogen-bond donors (Lipinski definition) is 1. The summed E-state index contributed by atoms with van der Waals surface area (Å²) in [6.07, 6.45) is 5.02. The van der Waals surface area contributed by atoms with Gasteiger partial charge in [0.15, 0.2) is 0 Å². The van der Waals surface area contributed by atoms with Crippen LogP contribution in [0.1, 0.15) is 32.1 Å². The highest BCUT2D eigenvalue weighted by atomic mass is 19.1. The summed E-state index contributed by atoms with van der Waals surface area (Å²) in [6.45, 7) is -0.561. The van der Waals surface area contributed by atoms with Crippen LogP contribution in [-0.4, -0.2) is 30.2 Å². The number of carbonyl (C=O) groups excluding carboxylic acids is 1. The molecule has 86 valence electrons. The molecule has 0 spiro atoms. The first-order valence-electron chi connectivity index (χ1n) is 5.24. The third-order valence-electron chi connectivity index (χ3n) is 2.74. The Morgan fingerprint density at radius 1 is 1.40 bits per heavy atom. The molecular weight excluding hydrogens is 201 g/mol. The Bertz CT molecular complexity index is 219. The van der Waals surface area contributed by atoms with Crippen molar-refractivity contribution in [3.8, 4) is 0 Å². The Labute approximate surface area is 88.0 Å². The fourth-order valence-corrected chi connectivity index (χ4v) is 2.04. The van der Waals surface area contributed by atoms with Crippen LogP contribution >= 0.6 is 0 Å². The normalized spacial score (nSPS) is 17.1. The van der Waals surface area contributed by atoms with Crippen molar-refractivity contribution in [2.45, 2.75) is 38.1 Å². The molecule has 1 aliphatic rings. The molecule has 1 rings (SSSR count). The molecule has 5 nitrogen and oxygen atoms in total. The van der Waals surface area contributed by atoms with Crippen molar-refractivity contribution in [3.63, 3.8) is 0 Å². The lowest BCUT2D eigenvalue weighted by Crippen LogP contribution is -2.46. The second-order valence-corrected chi connectivity index (χ2v) is 3.68. The number of nitrogens with zero attached hydrogens (tertiary/aromatic N) is 2. The molecule has 0 aliphatic heterocycles. The number of carbonyl (C=O) groups is 1. The zero-order valence-corrected chi connectivity index (χ0v) is 8.62. The second kappa shape index (κ2) is 6.31. The van der Waals surface area contributed by atoms with E-state index in [0.29, 0.717) is 0 Å². The van der Waals surface area contributed by atoms with Crippen LogP contribution in [0.5, 0.6) is 0 Å². The Hall–Kier alpha value is -1.20. The van der Waals surface area contributed by atoms with Gasteiger partial charge in [0.25, 0.3) is 0 Å². The van der Waals surface area contributed by atoms with Gasteiger partial charge in [-0.25, -0.2) is 9.18 Å². The van der Waals surface area contributed by atoms with Crippen LogP contribution in [0.25, 0.3) is 0 Å². The highest BCUT2D eigenvalue weighted by Crippen LogP contribution is 2.22. The highest BCUT2D eigenvalue weighted by Gasteiger charge is 2.25. The van der Waals surface area contributed by atoms with E-state index in [2.05, 4.69) is 5.29 Å². The summed E-state index contributed by atoms with van der Waals surface area (Å²) in [5.41, 5.74) is 1.82. The number of urea groups is 1. The van der Waals surface area contributed by atoms with Gasteiger partial charge in [0.2, 0.25) is 0 Å². The summed E-state index contributed by atoms with van der Waals surface area (Å²) in [4.78, 5) is 22.7. The van der Waals surface area contributed by atoms with Crippen LogP contribution in [0.2, 0.25) is 0 Å². The molecule has 0 radical (unpaired) electrons. The molecule has 0 aromatic carbocycles. The van der Waals surface area contributed by atoms with Gasteiger partial charge in [-0.1, -0.05) is 19.3 Å². The third-order valence-corrected chi connectivity index (χ3v) is 2.74. The van der Waals surface area contributed by atoms with Gasteiger partial charge in [-0.3, -0.25) is 0 Å². The summed E-state index contributed by atoms with van der Waals surface area (Å²) >= 11 is 0. The number of halogens is 1. The van der Waals surface area contributed by atoms with E-state index in [9.17, 15) is 14.1 Å². The van der Waals surface area contributed by atoms with Gasteiger partial charge in [0.05, 0.1) is 11.8 Å². The molecule has 0 aromatic rings. The van der Waals surface area contributed by atoms with Gasteiger partial charge in [-0.05, 0) is 12.8 Å². The van der Waals surface area contributed by atoms with Crippen molar-refractivity contribution in [1.29, 1.82) is 0 Å². The summed E-state index contributed by atoms with van der Waals surface area (Å²) < 4.78 is 12.3. The quantitative estimate of drug-likeness (QED) is 0.578. The van der Waals surface area contributed by atoms with E-state index in [1.807, 2.05) is 5.43 Å². The van der Waals surface area contributed by atoms with Crippen molar-refractivity contribution in [3.05, 3.63) is 4.91 Å². The Kier molecular flexibility index (Phi) is 5.00. The van der Waals surface area contributed by atoms with E-state index in [1.54, 1.807) is 0 Å². The first kappa shape index (κ1) is 11.9. The first-order chi connectivity index (χ1) is 7.29. The summed E-state index contributed by atoms with van der Waals surface area (Å²) in [5.74, 6) is 0. The molecule has 15 heavy (non-hydrogen) atoms. The lowest BCUT2D eigenvalue weighted by molar-refractivity contribution is 0.149. The van der Waals surface area contributed by atoms with Crippen LogP contribution in [0, 0.1) is 4.91 Å². The number of nitroso groups, excluding NO2 is 1. The van der Waals surface area contributed by atoms with E-state index < -0.39 is 12.7 Å². The van der Waals surface area contributed by atoms with E-state index in [1.165, 1.54) is 4.90 Å². The molecule has 6 heteroatoms. The fraction of sp³-hybridized carbons (Fsp3) is 0.889. The van der Waals surface area contributed by atoms with Gasteiger partial charge < -0.3 is 4.90 Å². The van der Waals surface area contributed by atoms with Crippen LogP contribution in [0.4, 0.5) is 9.18 Å². The molecule has 0 aromatic heterocycles. The van der Waals surface area contributed by atoms with E-state index in [0.717, 1.165) is 32.1 Å². The predicted octanol–water partition coefficient (Wildman–Crippen LogP) is 1.98. The molecule has 1 fully saturated rings. The van der Waals surface area contributed by atoms with E-state index in [4.69, 9.17) is 0 Å². The Morgan fingerprint density at radius 2 is 2.07 bits per heavy atom. The summed E-state index contributed by atoms with van der Waals surface area (Å²) in [7, 11) is 0. The standard InChI is InChI=1S/C9H16FN3O2/c10-6-7-13(9(14)11-12-15)8-4-2-1-3-5-8/h8H,1-7H2,(H,11,14,15). The number of nitrogens with one attached hydrogen (secondary N) is 1. The van der Waals surface area contributed by atoms with Crippen molar-refractivity contribution in [1.82, 2.24) is 10.3 Å². The Balaban J connectivity index is 2.53. The van der Waals surface area contributed by atoms with Crippen LogP contribution in [0.15, 0.2) is 5.29 Å². The number of rotatable bonds is 4. The van der Waals surface area contributed by atoms with Crippen LogP contribution < -0.4 is 5.43 Å². The Morgan fingerprint density at radius 3 is 2.60 bits per heavy atom. The topological polar surface area (TPSA) is 61.8 Å². The molecule has 1 aliphatic carbocycles. The number of amides is 2. The largest absolute Gasteiger partial charge is 0.340 e. The average molecular weight is 217 g/mol. The molecule has 2 amide bonds. The number of hydrogen-bond acceptors (Lipinski definition) is 3. The fourth-order valence-electron chi connectivity index (χ4n) is 2.04. The predicted molar refractivity (Wildman–Crippen MR) is 53.9 cm³/mol. The maximum absolute atomic E-state index is 12.3. The van der Waals surface area contributed by atoms with Crippen molar-refractivity contribution in [2.24, 2.45) is 5.29 Å². The highest BCUT2D eigenvalue weighted by molar-refractivity contribution is 5.74. The average Bonchev–Trinajstić information content (AvgIpc) is 2.27. The van der Waals surface area contributed by atoms with Gasteiger partial charge in [-0.2, -0.15) is 5.43 Å². The zero-order valence-electron chi connectivity index (χ0n) is 8.62. The summed E-state index contributed by atoms with van der Waals surface area (Å²) in [5, 5.41) is 2.32. The molecule has 0 unspecified atom stereocenters. The van der Waals surface area contributed by atoms with Gasteiger partial charge in [-0.15, -0.1) is 4.91 Å². The molecule has 0 atom stereocenters. The molecule has 0 heterocycles. The van der Waals surface area contributed by atoms with Crippen molar-refractivity contribution in [2.75, 3.05) is 13.2 Å². The summed E-state index contributed by atoms with van der Waals surface area (Å²) in [6, 6.07) is -0.536. The maximum atomic E-state index is 12.3. The van der Waals surface area contributed by atoms with Gasteiger partial charge >= 0.3 is 6.03 Å². The third kappa shape index (κ3) is 3.45. The second-order valence-electron chi connectivity index (χ2n) is 3.68. The molecule has 0 bridgehead atoms. The van der Waals surface area contributed by atoms with Crippen LogP contribution in [-0.2, 0) is 0 Å². The van der Waals surface area contributed by atoms with Crippen LogP contribution in [0.3, 0.4) is 0 Å². The monoisotopic (exact) mass is 217 g/mol. The molecule has 1 saturated carbocycles. The van der Waals surface area contributed by atoms with Crippen molar-refractivity contribution >= 4 is 6.03 Å². The lowest BCUT2D eigenvalue weighted by atomic mass is 9.94. The minimum Gasteiger partial charge on any atom is -0.318 e.